The lowest BCUT2D eigenvalue weighted by molar-refractivity contribution is -0.384. The predicted octanol–water partition coefficient (Wildman–Crippen LogP) is 3.54. The molecule has 1 fully saturated rings. The molecule has 1 aromatic rings. The molecule has 1 aromatic heterocycles. The zero-order valence-corrected chi connectivity index (χ0v) is 15.2. The number of hydrogen-bond acceptors (Lipinski definition) is 6. The van der Waals surface area contributed by atoms with Gasteiger partial charge in [-0.05, 0) is 58.1 Å². The number of amides is 1. The van der Waals surface area contributed by atoms with Gasteiger partial charge in [0.05, 0.1) is 4.92 Å². The topological polar surface area (TPSA) is 121 Å². The van der Waals surface area contributed by atoms with E-state index < -0.39 is 16.6 Å². The molecule has 1 aliphatic carbocycles. The third kappa shape index (κ3) is 4.68. The van der Waals surface area contributed by atoms with Crippen molar-refractivity contribution in [2.24, 2.45) is 0 Å². The Morgan fingerprint density at radius 1 is 1.40 bits per heavy atom. The monoisotopic (exact) mass is 371 g/mol. The van der Waals surface area contributed by atoms with Gasteiger partial charge in [-0.15, -0.1) is 0 Å². The highest BCUT2D eigenvalue weighted by Gasteiger charge is 2.36. The van der Waals surface area contributed by atoms with Crippen molar-refractivity contribution in [2.75, 3.05) is 5.32 Å². The quantitative estimate of drug-likeness (QED) is 0.471. The molecule has 25 heavy (non-hydrogen) atoms. The van der Waals surface area contributed by atoms with Crippen LogP contribution in [0.3, 0.4) is 0 Å². The Balaban J connectivity index is 2.05. The molecule has 10 heteroatoms. The standard InChI is InChI=1S/C15H22ClN5O4/c1-15(2,3)20(14(22)23)10-6-4-9(5-7-10)18-12-11(21(24)25)8-17-13(16)19-12/h8-10H,4-7H2,1-3H3,(H,22,23)(H,17,18,19)/t9-,10-. The second kappa shape index (κ2) is 7.38. The van der Waals surface area contributed by atoms with Gasteiger partial charge in [0, 0.05) is 17.6 Å². The van der Waals surface area contributed by atoms with E-state index in [1.54, 1.807) is 0 Å². The third-order valence-electron chi connectivity index (χ3n) is 4.27. The number of hydrogen-bond donors (Lipinski definition) is 2. The van der Waals surface area contributed by atoms with E-state index in [1.165, 1.54) is 4.90 Å². The molecule has 0 saturated heterocycles. The fourth-order valence-electron chi connectivity index (χ4n) is 3.26. The number of rotatable bonds is 4. The van der Waals surface area contributed by atoms with E-state index in [0.29, 0.717) is 25.7 Å². The van der Waals surface area contributed by atoms with Crippen LogP contribution in [0.25, 0.3) is 0 Å². The van der Waals surface area contributed by atoms with Gasteiger partial charge in [0.2, 0.25) is 11.1 Å². The van der Waals surface area contributed by atoms with Crippen LogP contribution < -0.4 is 5.32 Å². The molecular weight excluding hydrogens is 350 g/mol. The molecule has 138 valence electrons. The zero-order valence-electron chi connectivity index (χ0n) is 14.4. The lowest BCUT2D eigenvalue weighted by atomic mass is 9.88. The van der Waals surface area contributed by atoms with Crippen molar-refractivity contribution in [3.63, 3.8) is 0 Å². The van der Waals surface area contributed by atoms with Crippen LogP contribution in [-0.4, -0.2) is 48.6 Å². The summed E-state index contributed by atoms with van der Waals surface area (Å²) in [5, 5.41) is 23.6. The van der Waals surface area contributed by atoms with Gasteiger partial charge in [0.25, 0.3) is 0 Å². The Morgan fingerprint density at radius 2 is 2.00 bits per heavy atom. The minimum absolute atomic E-state index is 0.0310. The van der Waals surface area contributed by atoms with Crippen LogP contribution in [0.1, 0.15) is 46.5 Å². The molecule has 0 aliphatic heterocycles. The Bertz CT molecular complexity index is 656. The molecule has 9 nitrogen and oxygen atoms in total. The number of aromatic nitrogens is 2. The molecule has 1 aliphatic rings. The summed E-state index contributed by atoms with van der Waals surface area (Å²) in [6.07, 6.45) is 2.87. The number of nitrogens with one attached hydrogen (secondary N) is 1. The van der Waals surface area contributed by atoms with Crippen LogP contribution in [-0.2, 0) is 0 Å². The summed E-state index contributed by atoms with van der Waals surface area (Å²) in [6.45, 7) is 5.62. The first-order valence-corrected chi connectivity index (χ1v) is 8.43. The highest BCUT2D eigenvalue weighted by atomic mass is 35.5. The van der Waals surface area contributed by atoms with E-state index in [1.807, 2.05) is 20.8 Å². The molecular formula is C15H22ClN5O4. The SMILES string of the molecule is CC(C)(C)N(C(=O)O)[C@H]1CC[C@H](Nc2nc(Cl)ncc2[N+](=O)[O-])CC1. The van der Waals surface area contributed by atoms with Crippen molar-refractivity contribution in [1.82, 2.24) is 14.9 Å². The molecule has 0 radical (unpaired) electrons. The van der Waals surface area contributed by atoms with Gasteiger partial charge in [0.1, 0.15) is 6.20 Å². The summed E-state index contributed by atoms with van der Waals surface area (Å²) in [7, 11) is 0. The fourth-order valence-corrected chi connectivity index (χ4v) is 3.39. The maximum Gasteiger partial charge on any atom is 0.407 e. The molecule has 2 rings (SSSR count). The smallest absolute Gasteiger partial charge is 0.407 e. The highest BCUT2D eigenvalue weighted by molar-refractivity contribution is 6.28. The Morgan fingerprint density at radius 3 is 2.48 bits per heavy atom. The molecule has 0 unspecified atom stereocenters. The largest absolute Gasteiger partial charge is 0.465 e. The Kier molecular flexibility index (Phi) is 5.66. The van der Waals surface area contributed by atoms with Gasteiger partial charge in [-0.1, -0.05) is 0 Å². The molecule has 0 atom stereocenters. The molecule has 0 aromatic carbocycles. The summed E-state index contributed by atoms with van der Waals surface area (Å²) in [4.78, 5) is 31.1. The van der Waals surface area contributed by atoms with Gasteiger partial charge >= 0.3 is 11.8 Å². The maximum atomic E-state index is 11.6. The first kappa shape index (κ1) is 19.2. The average Bonchev–Trinajstić information content (AvgIpc) is 2.47. The number of halogens is 1. The highest BCUT2D eigenvalue weighted by Crippen LogP contribution is 2.31. The van der Waals surface area contributed by atoms with E-state index >= 15 is 0 Å². The van der Waals surface area contributed by atoms with E-state index in [0.717, 1.165) is 6.20 Å². The summed E-state index contributed by atoms with van der Waals surface area (Å²) in [5.41, 5.74) is -0.705. The number of nitrogens with zero attached hydrogens (tertiary/aromatic N) is 4. The molecule has 0 bridgehead atoms. The zero-order chi connectivity index (χ0) is 18.8. The second-order valence-corrected chi connectivity index (χ2v) is 7.44. The van der Waals surface area contributed by atoms with Gasteiger partial charge in [-0.25, -0.2) is 9.78 Å². The molecule has 0 spiro atoms. The van der Waals surface area contributed by atoms with E-state index in [4.69, 9.17) is 11.6 Å². The summed E-state index contributed by atoms with van der Waals surface area (Å²) >= 11 is 5.73. The van der Waals surface area contributed by atoms with Crippen molar-refractivity contribution in [1.29, 1.82) is 0 Å². The summed E-state index contributed by atoms with van der Waals surface area (Å²) < 4.78 is 0. The fraction of sp³-hybridized carbons (Fsp3) is 0.667. The van der Waals surface area contributed by atoms with Crippen molar-refractivity contribution in [2.45, 2.75) is 64.1 Å². The Hall–Kier alpha value is -2.16. The summed E-state index contributed by atoms with van der Waals surface area (Å²) in [6, 6.07) is -0.101. The van der Waals surface area contributed by atoms with Crippen molar-refractivity contribution in [3.8, 4) is 0 Å². The van der Waals surface area contributed by atoms with Crippen LogP contribution in [0.4, 0.5) is 16.3 Å². The van der Waals surface area contributed by atoms with Gasteiger partial charge in [0.15, 0.2) is 0 Å². The number of anilines is 1. The Labute approximate surface area is 150 Å². The van der Waals surface area contributed by atoms with E-state index in [-0.39, 0.29) is 28.9 Å². The van der Waals surface area contributed by atoms with E-state index in [9.17, 15) is 20.0 Å². The minimum atomic E-state index is -0.929. The predicted molar refractivity (Wildman–Crippen MR) is 93.0 cm³/mol. The number of nitro groups is 1. The molecule has 2 N–H and O–H groups in total. The lowest BCUT2D eigenvalue weighted by Gasteiger charge is -2.42. The minimum Gasteiger partial charge on any atom is -0.465 e. The molecule has 1 amide bonds. The average molecular weight is 372 g/mol. The second-order valence-electron chi connectivity index (χ2n) is 7.10. The van der Waals surface area contributed by atoms with Crippen molar-refractivity contribution >= 4 is 29.2 Å². The van der Waals surface area contributed by atoms with E-state index in [2.05, 4.69) is 15.3 Å². The van der Waals surface area contributed by atoms with Gasteiger partial charge in [-0.2, -0.15) is 4.98 Å². The van der Waals surface area contributed by atoms with Crippen molar-refractivity contribution < 1.29 is 14.8 Å². The molecule has 1 saturated carbocycles. The number of carboxylic acid groups (broad SMARTS) is 1. The van der Waals surface area contributed by atoms with Crippen molar-refractivity contribution in [3.05, 3.63) is 21.6 Å². The van der Waals surface area contributed by atoms with Crippen LogP contribution in [0, 0.1) is 10.1 Å². The van der Waals surface area contributed by atoms with Crippen LogP contribution in [0.5, 0.6) is 0 Å². The first-order valence-electron chi connectivity index (χ1n) is 8.05. The van der Waals surface area contributed by atoms with Crippen LogP contribution in [0.2, 0.25) is 5.28 Å². The first-order chi connectivity index (χ1) is 11.6. The van der Waals surface area contributed by atoms with Gasteiger partial charge < -0.3 is 15.3 Å². The van der Waals surface area contributed by atoms with Crippen LogP contribution in [0.15, 0.2) is 6.20 Å². The normalized spacial score (nSPS) is 20.8. The summed E-state index contributed by atoms with van der Waals surface area (Å²) in [5.74, 6) is 0.0966. The third-order valence-corrected chi connectivity index (χ3v) is 4.45. The number of carbonyl (C=O) groups is 1. The molecule has 1 heterocycles. The lowest BCUT2D eigenvalue weighted by Crippen LogP contribution is -2.52. The van der Waals surface area contributed by atoms with Gasteiger partial charge in [-0.3, -0.25) is 10.1 Å². The maximum absolute atomic E-state index is 11.6. The van der Waals surface area contributed by atoms with Crippen LogP contribution >= 0.6 is 11.6 Å².